The van der Waals surface area contributed by atoms with E-state index in [4.69, 9.17) is 0 Å². The number of carbonyl (C=O) groups excluding carboxylic acids is 2. The summed E-state index contributed by atoms with van der Waals surface area (Å²) in [6.45, 7) is 0. The van der Waals surface area contributed by atoms with Crippen molar-refractivity contribution in [1.29, 1.82) is 0 Å². The van der Waals surface area contributed by atoms with Gasteiger partial charge in [0.15, 0.2) is 0 Å². The van der Waals surface area contributed by atoms with E-state index in [2.05, 4.69) is 0 Å². The Morgan fingerprint density at radius 2 is 1.30 bits per heavy atom. The van der Waals surface area contributed by atoms with Gasteiger partial charge in [-0.3, -0.25) is 4.79 Å². The standard InChI is InChI=1S/C29H18O6.2Na/c30-26-19-12-6-4-10-17(19)21(14-23(26)28(32)33)25(16-8-2-1-3-9-16)22-15-24(29(34)35)27(31)20-13-7-5-11-18(20)22;;/h1-15,30H,(H,32,33)(H,34,35);;/q;2*+1/p-2. The molecule has 0 aliphatic heterocycles. The number of rotatable bonds is 4. The first kappa shape index (κ1) is 28.6. The molecule has 0 fully saturated rings. The predicted molar refractivity (Wildman–Crippen MR) is 127 cm³/mol. The number of hydrogen-bond donors (Lipinski definition) is 1. The maximum absolute atomic E-state index is 12.9. The van der Waals surface area contributed by atoms with Crippen LogP contribution < -0.4 is 69.3 Å². The average molecular weight is 506 g/mol. The topological polar surface area (TPSA) is 118 Å². The molecule has 0 amide bonds. The maximum Gasteiger partial charge on any atom is 1.00 e. The number of ketones is 1. The van der Waals surface area contributed by atoms with Gasteiger partial charge in [0.2, 0.25) is 5.78 Å². The molecule has 1 aliphatic carbocycles. The zero-order valence-corrected chi connectivity index (χ0v) is 24.1. The summed E-state index contributed by atoms with van der Waals surface area (Å²) in [6, 6.07) is 23.5. The number of Topliss-reactive ketones (excluding diaryl/α,β-unsaturated/α-hetero) is 1. The minimum atomic E-state index is -1.61. The fourth-order valence-corrected chi connectivity index (χ4v) is 4.48. The molecule has 0 saturated carbocycles. The SMILES string of the molecule is O=C(O)C1=CC(=C(c2ccccc2)c2cc(C(=O)[O-])c([O-])c3ccccc23)c2ccccc2C1=O.[Na+].[Na+]. The van der Waals surface area contributed by atoms with Crippen molar-refractivity contribution in [3.05, 3.63) is 124 Å². The Morgan fingerprint density at radius 3 is 1.92 bits per heavy atom. The van der Waals surface area contributed by atoms with Crippen molar-refractivity contribution < 1.29 is 88.8 Å². The molecule has 0 aromatic heterocycles. The number of carboxylic acid groups (broad SMARTS) is 2. The van der Waals surface area contributed by atoms with Crippen LogP contribution in [0, 0.1) is 0 Å². The third-order valence-electron chi connectivity index (χ3n) is 6.04. The second-order valence-corrected chi connectivity index (χ2v) is 8.03. The summed E-state index contributed by atoms with van der Waals surface area (Å²) >= 11 is 0. The van der Waals surface area contributed by atoms with E-state index in [1.165, 1.54) is 18.2 Å². The van der Waals surface area contributed by atoms with Crippen LogP contribution in [-0.4, -0.2) is 22.8 Å². The number of fused-ring (bicyclic) bond motifs is 2. The monoisotopic (exact) mass is 506 g/mol. The minimum absolute atomic E-state index is 0. The summed E-state index contributed by atoms with van der Waals surface area (Å²) in [5, 5.41) is 35.2. The molecule has 0 spiro atoms. The van der Waals surface area contributed by atoms with Gasteiger partial charge in [-0.1, -0.05) is 84.6 Å². The molecule has 0 bridgehead atoms. The Hall–Kier alpha value is -2.97. The third-order valence-corrected chi connectivity index (χ3v) is 6.04. The molecule has 6 nitrogen and oxygen atoms in total. The number of carbonyl (C=O) groups is 3. The first-order valence-corrected chi connectivity index (χ1v) is 10.7. The van der Waals surface area contributed by atoms with Crippen LogP contribution in [0.25, 0.3) is 21.9 Å². The molecule has 0 saturated heterocycles. The van der Waals surface area contributed by atoms with E-state index in [9.17, 15) is 29.7 Å². The number of carboxylic acids is 2. The molecule has 0 radical (unpaired) electrons. The molecule has 4 aromatic rings. The van der Waals surface area contributed by atoms with Crippen LogP contribution in [0.2, 0.25) is 0 Å². The Labute approximate surface area is 256 Å². The molecule has 170 valence electrons. The van der Waals surface area contributed by atoms with E-state index < -0.39 is 34.6 Å². The van der Waals surface area contributed by atoms with Crippen LogP contribution in [0.15, 0.2) is 96.6 Å². The zero-order chi connectivity index (χ0) is 24.7. The van der Waals surface area contributed by atoms with Gasteiger partial charge in [-0.05, 0) is 56.3 Å². The Bertz CT molecular complexity index is 1620. The summed E-state index contributed by atoms with van der Waals surface area (Å²) < 4.78 is 0. The largest absolute Gasteiger partial charge is 1.00 e. The van der Waals surface area contributed by atoms with Crippen LogP contribution in [0.4, 0.5) is 0 Å². The van der Waals surface area contributed by atoms with Crippen molar-refractivity contribution in [3.63, 3.8) is 0 Å². The number of allylic oxidation sites excluding steroid dienone is 2. The van der Waals surface area contributed by atoms with Gasteiger partial charge in [0.1, 0.15) is 5.57 Å². The van der Waals surface area contributed by atoms with Crippen molar-refractivity contribution >= 4 is 39.6 Å². The van der Waals surface area contributed by atoms with Crippen LogP contribution in [0.5, 0.6) is 5.75 Å². The molecule has 5 rings (SSSR count). The van der Waals surface area contributed by atoms with Crippen molar-refractivity contribution in [2.45, 2.75) is 0 Å². The molecule has 1 N–H and O–H groups in total. The van der Waals surface area contributed by atoms with Gasteiger partial charge in [-0.15, -0.1) is 0 Å². The van der Waals surface area contributed by atoms with Gasteiger partial charge < -0.3 is 20.1 Å². The molecule has 0 unspecified atom stereocenters. The van der Waals surface area contributed by atoms with E-state index >= 15 is 0 Å². The molecule has 8 heteroatoms. The second kappa shape index (κ2) is 11.6. The number of benzene rings is 4. The maximum atomic E-state index is 12.9. The number of hydrogen-bond acceptors (Lipinski definition) is 5. The van der Waals surface area contributed by atoms with Crippen LogP contribution in [0.3, 0.4) is 0 Å². The van der Waals surface area contributed by atoms with Gasteiger partial charge in [0, 0.05) is 5.56 Å². The predicted octanol–water partition coefficient (Wildman–Crippen LogP) is -2.55. The molecular weight excluding hydrogens is 490 g/mol. The van der Waals surface area contributed by atoms with Crippen molar-refractivity contribution in [1.82, 2.24) is 0 Å². The van der Waals surface area contributed by atoms with Crippen molar-refractivity contribution in [2.24, 2.45) is 0 Å². The molecule has 1 aliphatic rings. The summed E-state index contributed by atoms with van der Waals surface area (Å²) in [7, 11) is 0. The fraction of sp³-hybridized carbons (Fsp3) is 0. The Kier molecular flexibility index (Phi) is 8.97. The molecule has 0 heterocycles. The van der Waals surface area contributed by atoms with E-state index in [0.717, 1.165) is 0 Å². The van der Waals surface area contributed by atoms with Gasteiger partial charge in [0.05, 0.1) is 5.97 Å². The molecule has 37 heavy (non-hydrogen) atoms. The van der Waals surface area contributed by atoms with Gasteiger partial charge in [-0.25, -0.2) is 4.79 Å². The number of aliphatic carboxylic acids is 1. The van der Waals surface area contributed by atoms with Crippen molar-refractivity contribution in [2.75, 3.05) is 0 Å². The normalized spacial score (nSPS) is 13.5. The van der Waals surface area contributed by atoms with Gasteiger partial charge in [0.25, 0.3) is 0 Å². The van der Waals surface area contributed by atoms with Crippen molar-refractivity contribution in [3.8, 4) is 5.75 Å². The summed E-state index contributed by atoms with van der Waals surface area (Å²) in [5.41, 5.74) is 1.80. The quantitative estimate of drug-likeness (QED) is 0.241. The fourth-order valence-electron chi connectivity index (χ4n) is 4.48. The number of aromatic carboxylic acids is 1. The van der Waals surface area contributed by atoms with E-state index in [1.54, 1.807) is 66.7 Å². The summed E-state index contributed by atoms with van der Waals surface area (Å²) in [5.74, 6) is -4.26. The first-order chi connectivity index (χ1) is 16.9. The van der Waals surface area contributed by atoms with Crippen LogP contribution in [-0.2, 0) is 4.79 Å². The Balaban J connectivity index is 0.00000190. The first-order valence-electron chi connectivity index (χ1n) is 10.7. The minimum Gasteiger partial charge on any atom is -0.872 e. The van der Waals surface area contributed by atoms with Crippen LogP contribution in [0.1, 0.15) is 37.4 Å². The third kappa shape index (κ3) is 5.09. The van der Waals surface area contributed by atoms with E-state index in [1.807, 2.05) is 6.07 Å². The van der Waals surface area contributed by atoms with Gasteiger partial charge in [-0.2, -0.15) is 0 Å². The average Bonchev–Trinajstić information content (AvgIpc) is 2.87. The molecular formula is C29H16Na2O6. The summed E-state index contributed by atoms with van der Waals surface area (Å²) in [6.07, 6.45) is 1.31. The molecule has 0 atom stereocenters. The smallest absolute Gasteiger partial charge is 0.872 e. The second-order valence-electron chi connectivity index (χ2n) is 8.03. The van der Waals surface area contributed by atoms with E-state index in [0.29, 0.717) is 33.2 Å². The van der Waals surface area contributed by atoms with Crippen LogP contribution >= 0.6 is 0 Å². The Morgan fingerprint density at radius 1 is 0.730 bits per heavy atom. The van der Waals surface area contributed by atoms with E-state index in [-0.39, 0.29) is 70.1 Å². The molecule has 4 aromatic carbocycles. The zero-order valence-electron chi connectivity index (χ0n) is 20.1. The van der Waals surface area contributed by atoms with Gasteiger partial charge >= 0.3 is 65.1 Å². The summed E-state index contributed by atoms with van der Waals surface area (Å²) in [4.78, 5) is 36.8.